The summed E-state index contributed by atoms with van der Waals surface area (Å²) >= 11 is 2.90. The molecule has 7 nitrogen and oxygen atoms in total. The number of rotatable bonds is 5. The van der Waals surface area contributed by atoms with Crippen LogP contribution in [0.25, 0.3) is 0 Å². The average Bonchev–Trinajstić information content (AvgIpc) is 2.95. The van der Waals surface area contributed by atoms with Gasteiger partial charge in [-0.2, -0.15) is 0 Å². The van der Waals surface area contributed by atoms with Crippen molar-refractivity contribution in [3.8, 4) is 0 Å². The molecule has 1 atom stereocenters. The summed E-state index contributed by atoms with van der Waals surface area (Å²) < 4.78 is 36.9. The summed E-state index contributed by atoms with van der Waals surface area (Å²) in [6, 6.07) is 3.71. The standard InChI is InChI=1S/C12H12BrNO6S/c1-6-3-4-8(19-6)7(2)14-21(17,18)10-5-9(12(15)16)20-11(10)13/h3-5,7,14H,1-2H3,(H,15,16). The van der Waals surface area contributed by atoms with Crippen LogP contribution >= 0.6 is 15.9 Å². The van der Waals surface area contributed by atoms with Crippen molar-refractivity contribution in [2.75, 3.05) is 0 Å². The van der Waals surface area contributed by atoms with E-state index < -0.39 is 27.8 Å². The number of sulfonamides is 1. The van der Waals surface area contributed by atoms with Crippen LogP contribution in [0.2, 0.25) is 0 Å². The van der Waals surface area contributed by atoms with Gasteiger partial charge in [-0.05, 0) is 41.9 Å². The molecule has 0 saturated heterocycles. The predicted molar refractivity (Wildman–Crippen MR) is 75.5 cm³/mol. The summed E-state index contributed by atoms with van der Waals surface area (Å²) in [7, 11) is -3.96. The average molecular weight is 378 g/mol. The van der Waals surface area contributed by atoms with Crippen molar-refractivity contribution in [2.45, 2.75) is 24.8 Å². The van der Waals surface area contributed by atoms with Crippen LogP contribution in [-0.4, -0.2) is 19.5 Å². The van der Waals surface area contributed by atoms with Gasteiger partial charge in [0.25, 0.3) is 0 Å². The number of aryl methyl sites for hydroxylation is 1. The minimum atomic E-state index is -3.96. The zero-order valence-corrected chi connectivity index (χ0v) is 13.5. The molecule has 0 aromatic carbocycles. The van der Waals surface area contributed by atoms with E-state index in [4.69, 9.17) is 13.9 Å². The molecule has 0 fully saturated rings. The predicted octanol–water partition coefficient (Wildman–Crippen LogP) is 2.68. The Morgan fingerprint density at radius 3 is 2.52 bits per heavy atom. The van der Waals surface area contributed by atoms with Crippen molar-refractivity contribution >= 4 is 31.9 Å². The fraction of sp³-hybridized carbons (Fsp3) is 0.250. The zero-order chi connectivity index (χ0) is 15.8. The first-order valence-electron chi connectivity index (χ1n) is 5.82. The molecule has 2 aromatic rings. The molecule has 21 heavy (non-hydrogen) atoms. The number of carboxylic acids is 1. The molecule has 114 valence electrons. The Morgan fingerprint density at radius 1 is 1.38 bits per heavy atom. The van der Waals surface area contributed by atoms with E-state index in [0.717, 1.165) is 6.07 Å². The summed E-state index contributed by atoms with van der Waals surface area (Å²) in [5, 5.41) is 8.81. The number of aromatic carboxylic acids is 1. The Balaban J connectivity index is 2.28. The third kappa shape index (κ3) is 3.36. The quantitative estimate of drug-likeness (QED) is 0.828. The SMILES string of the molecule is Cc1ccc(C(C)NS(=O)(=O)c2cc(C(=O)O)oc2Br)o1. The van der Waals surface area contributed by atoms with E-state index >= 15 is 0 Å². The van der Waals surface area contributed by atoms with E-state index in [2.05, 4.69) is 20.7 Å². The second kappa shape index (κ2) is 5.66. The molecule has 2 aromatic heterocycles. The first-order chi connectivity index (χ1) is 9.70. The molecule has 0 aliphatic heterocycles. The second-order valence-electron chi connectivity index (χ2n) is 4.35. The molecule has 0 amide bonds. The molecular formula is C12H12BrNO6S. The maximum atomic E-state index is 12.2. The lowest BCUT2D eigenvalue weighted by Gasteiger charge is -2.11. The van der Waals surface area contributed by atoms with Crippen LogP contribution < -0.4 is 4.72 Å². The summed E-state index contributed by atoms with van der Waals surface area (Å²) in [6.45, 7) is 3.36. The lowest BCUT2D eigenvalue weighted by Crippen LogP contribution is -2.26. The van der Waals surface area contributed by atoms with Gasteiger partial charge in [0.15, 0.2) is 4.67 Å². The Bertz CT molecular complexity index is 776. The summed E-state index contributed by atoms with van der Waals surface area (Å²) in [4.78, 5) is 10.5. The Hall–Kier alpha value is -1.58. The Labute approximate surface area is 129 Å². The molecule has 0 saturated carbocycles. The van der Waals surface area contributed by atoms with Crippen LogP contribution in [0.4, 0.5) is 0 Å². The third-order valence-electron chi connectivity index (χ3n) is 2.68. The van der Waals surface area contributed by atoms with Gasteiger partial charge in [0.05, 0.1) is 6.04 Å². The number of halogens is 1. The molecule has 0 aliphatic carbocycles. The number of hydrogen-bond acceptors (Lipinski definition) is 5. The topological polar surface area (TPSA) is 110 Å². The fourth-order valence-corrected chi connectivity index (χ4v) is 3.83. The minimum absolute atomic E-state index is 0.171. The van der Waals surface area contributed by atoms with Crippen molar-refractivity contribution in [2.24, 2.45) is 0 Å². The van der Waals surface area contributed by atoms with Crippen LogP contribution in [0.15, 0.2) is 36.6 Å². The first kappa shape index (κ1) is 15.8. The molecule has 0 bridgehead atoms. The van der Waals surface area contributed by atoms with Gasteiger partial charge >= 0.3 is 5.97 Å². The Kier molecular flexibility index (Phi) is 4.26. The molecule has 0 aliphatic rings. The normalized spacial score (nSPS) is 13.3. The van der Waals surface area contributed by atoms with Crippen molar-refractivity contribution in [1.82, 2.24) is 4.72 Å². The highest BCUT2D eigenvalue weighted by Crippen LogP contribution is 2.27. The van der Waals surface area contributed by atoms with Crippen molar-refractivity contribution in [3.63, 3.8) is 0 Å². The maximum absolute atomic E-state index is 12.2. The summed E-state index contributed by atoms with van der Waals surface area (Å²) in [5.41, 5.74) is 0. The lowest BCUT2D eigenvalue weighted by molar-refractivity contribution is 0.0661. The number of nitrogens with one attached hydrogen (secondary N) is 1. The Morgan fingerprint density at radius 2 is 2.05 bits per heavy atom. The monoisotopic (exact) mass is 377 g/mol. The minimum Gasteiger partial charge on any atom is -0.475 e. The van der Waals surface area contributed by atoms with Crippen LogP contribution in [0.1, 0.15) is 35.0 Å². The number of carboxylic acid groups (broad SMARTS) is 1. The molecule has 9 heteroatoms. The zero-order valence-electron chi connectivity index (χ0n) is 11.1. The van der Waals surface area contributed by atoms with Gasteiger partial charge in [-0.3, -0.25) is 0 Å². The molecule has 2 heterocycles. The summed E-state index contributed by atoms with van der Waals surface area (Å²) in [6.07, 6.45) is 0. The number of hydrogen-bond donors (Lipinski definition) is 2. The maximum Gasteiger partial charge on any atom is 0.371 e. The molecule has 0 radical (unpaired) electrons. The summed E-state index contributed by atoms with van der Waals surface area (Å²) in [5.74, 6) is -0.710. The van der Waals surface area contributed by atoms with E-state index in [-0.39, 0.29) is 9.56 Å². The molecule has 1 unspecified atom stereocenters. The number of furan rings is 2. The van der Waals surface area contributed by atoms with E-state index in [1.54, 1.807) is 26.0 Å². The molecular weight excluding hydrogens is 366 g/mol. The van der Waals surface area contributed by atoms with Gasteiger partial charge in [0, 0.05) is 6.07 Å². The highest BCUT2D eigenvalue weighted by atomic mass is 79.9. The van der Waals surface area contributed by atoms with E-state index in [0.29, 0.717) is 11.5 Å². The van der Waals surface area contributed by atoms with Gasteiger partial charge in [0.1, 0.15) is 16.4 Å². The van der Waals surface area contributed by atoms with Crippen LogP contribution in [0.5, 0.6) is 0 Å². The van der Waals surface area contributed by atoms with Gasteiger partial charge in [0.2, 0.25) is 15.8 Å². The third-order valence-corrected chi connectivity index (χ3v) is 5.07. The number of carbonyl (C=O) groups is 1. The second-order valence-corrected chi connectivity index (χ2v) is 6.75. The van der Waals surface area contributed by atoms with E-state index in [1.165, 1.54) is 0 Å². The molecule has 0 spiro atoms. The van der Waals surface area contributed by atoms with Crippen molar-refractivity contribution < 1.29 is 27.2 Å². The molecule has 2 rings (SSSR count). The fourth-order valence-electron chi connectivity index (χ4n) is 1.68. The van der Waals surface area contributed by atoms with Gasteiger partial charge < -0.3 is 13.9 Å². The van der Waals surface area contributed by atoms with E-state index in [9.17, 15) is 13.2 Å². The highest BCUT2D eigenvalue weighted by Gasteiger charge is 2.27. The largest absolute Gasteiger partial charge is 0.475 e. The smallest absolute Gasteiger partial charge is 0.371 e. The molecule has 2 N–H and O–H groups in total. The highest BCUT2D eigenvalue weighted by molar-refractivity contribution is 9.10. The van der Waals surface area contributed by atoms with Crippen molar-refractivity contribution in [1.29, 1.82) is 0 Å². The van der Waals surface area contributed by atoms with Crippen LogP contribution in [-0.2, 0) is 10.0 Å². The van der Waals surface area contributed by atoms with Gasteiger partial charge in [-0.1, -0.05) is 0 Å². The first-order valence-corrected chi connectivity index (χ1v) is 8.09. The lowest BCUT2D eigenvalue weighted by atomic mass is 10.3. The van der Waals surface area contributed by atoms with E-state index in [1.807, 2.05) is 0 Å². The van der Waals surface area contributed by atoms with Crippen LogP contribution in [0.3, 0.4) is 0 Å². The van der Waals surface area contributed by atoms with Gasteiger partial charge in [-0.25, -0.2) is 17.9 Å². The van der Waals surface area contributed by atoms with Crippen molar-refractivity contribution in [3.05, 3.63) is 40.1 Å². The van der Waals surface area contributed by atoms with Gasteiger partial charge in [-0.15, -0.1) is 0 Å². The van der Waals surface area contributed by atoms with Crippen LogP contribution in [0, 0.1) is 6.92 Å².